The molecule has 0 bridgehead atoms. The number of aryl methyl sites for hydroxylation is 2. The van der Waals surface area contributed by atoms with Gasteiger partial charge in [-0.3, -0.25) is 9.79 Å². The Morgan fingerprint density at radius 3 is 2.61 bits per heavy atom. The number of hydrogen-bond acceptors (Lipinski definition) is 7. The fraction of sp³-hybridized carbons (Fsp3) is 0.417. The number of rotatable bonds is 3. The first-order valence-corrected chi connectivity index (χ1v) is 13.9. The molecule has 2 fully saturated rings. The zero-order valence-electron chi connectivity index (χ0n) is 18.8. The Morgan fingerprint density at radius 1 is 1.06 bits per heavy atom. The van der Waals surface area contributed by atoms with Gasteiger partial charge in [0, 0.05) is 48.4 Å². The molecule has 3 aliphatic heterocycles. The molecule has 7 nitrogen and oxygen atoms in total. The normalized spacial score (nSPS) is 23.9. The molecule has 0 aromatic heterocycles. The number of nitrogens with zero attached hydrogens (tertiary/aromatic N) is 3. The van der Waals surface area contributed by atoms with Gasteiger partial charge >= 0.3 is 0 Å². The smallest absolute Gasteiger partial charge is 0.254 e. The van der Waals surface area contributed by atoms with Gasteiger partial charge in [-0.1, -0.05) is 30.0 Å². The number of piperazine rings is 1. The van der Waals surface area contributed by atoms with E-state index in [-0.39, 0.29) is 28.7 Å². The summed E-state index contributed by atoms with van der Waals surface area (Å²) < 4.78 is 23.5. The first kappa shape index (κ1) is 22.3. The SMILES string of the molecule is Cc1ccc(C)c(N2CCN(C(=O)c3cccc(NC4=N[C@H]5CS(=O)(=O)C[C@@H]5S4)c3)CC2)c1. The van der Waals surface area contributed by atoms with Gasteiger partial charge in [-0.05, 0) is 49.2 Å². The maximum Gasteiger partial charge on any atom is 0.254 e. The lowest BCUT2D eigenvalue weighted by molar-refractivity contribution is 0.0747. The van der Waals surface area contributed by atoms with E-state index in [2.05, 4.69) is 47.3 Å². The maximum atomic E-state index is 13.2. The number of fused-ring (bicyclic) bond motifs is 1. The lowest BCUT2D eigenvalue weighted by atomic mass is 10.1. The van der Waals surface area contributed by atoms with Gasteiger partial charge < -0.3 is 15.1 Å². The second-order valence-electron chi connectivity index (χ2n) is 9.01. The van der Waals surface area contributed by atoms with Crippen molar-refractivity contribution in [1.29, 1.82) is 0 Å². The average Bonchev–Trinajstić information content (AvgIpc) is 3.27. The van der Waals surface area contributed by atoms with Gasteiger partial charge in [0.05, 0.1) is 17.5 Å². The van der Waals surface area contributed by atoms with Gasteiger partial charge in [-0.15, -0.1) is 0 Å². The predicted octanol–water partition coefficient (Wildman–Crippen LogP) is 2.95. The quantitative estimate of drug-likeness (QED) is 0.722. The van der Waals surface area contributed by atoms with Gasteiger partial charge in [0.25, 0.3) is 5.91 Å². The van der Waals surface area contributed by atoms with Crippen molar-refractivity contribution in [1.82, 2.24) is 4.90 Å². The summed E-state index contributed by atoms with van der Waals surface area (Å²) in [6.45, 7) is 7.23. The number of carbonyl (C=O) groups excluding carboxylic acids is 1. The van der Waals surface area contributed by atoms with Crippen LogP contribution in [-0.2, 0) is 9.84 Å². The van der Waals surface area contributed by atoms with Crippen molar-refractivity contribution in [2.24, 2.45) is 4.99 Å². The number of sulfone groups is 1. The van der Waals surface area contributed by atoms with E-state index in [1.54, 1.807) is 0 Å². The molecule has 1 N–H and O–H groups in total. The van der Waals surface area contributed by atoms with Crippen molar-refractivity contribution < 1.29 is 13.2 Å². The third-order valence-corrected chi connectivity index (χ3v) is 9.59. The van der Waals surface area contributed by atoms with E-state index in [1.165, 1.54) is 28.6 Å². The molecule has 0 radical (unpaired) electrons. The minimum absolute atomic E-state index is 0.00403. The van der Waals surface area contributed by atoms with Crippen LogP contribution in [0.1, 0.15) is 21.5 Å². The minimum atomic E-state index is -2.97. The standard InChI is InChI=1S/C24H28N4O3S2/c1-16-6-7-17(2)21(12-16)27-8-10-28(11-9-27)23(29)18-4-3-5-19(13-18)25-24-26-20-14-33(30,31)15-22(20)32-24/h3-7,12-13,20,22H,8-11,14-15H2,1-2H3,(H,25,26)/t20-,22-/m0/s1. The largest absolute Gasteiger partial charge is 0.368 e. The molecule has 0 saturated carbocycles. The fourth-order valence-electron chi connectivity index (χ4n) is 4.66. The van der Waals surface area contributed by atoms with Crippen molar-refractivity contribution >= 4 is 44.0 Å². The molecule has 0 unspecified atom stereocenters. The lowest BCUT2D eigenvalue weighted by Crippen LogP contribution is -2.49. The molecule has 33 heavy (non-hydrogen) atoms. The molecule has 1 amide bonds. The Kier molecular flexibility index (Phi) is 5.86. The summed E-state index contributed by atoms with van der Waals surface area (Å²) in [5.41, 5.74) is 5.19. The Balaban J connectivity index is 1.22. The van der Waals surface area contributed by atoms with E-state index in [4.69, 9.17) is 0 Å². The van der Waals surface area contributed by atoms with Crippen LogP contribution < -0.4 is 10.2 Å². The molecule has 2 aromatic carbocycles. The highest BCUT2D eigenvalue weighted by Crippen LogP contribution is 2.34. The van der Waals surface area contributed by atoms with Crippen LogP contribution in [0.25, 0.3) is 0 Å². The number of thioether (sulfide) groups is 1. The molecule has 9 heteroatoms. The highest BCUT2D eigenvalue weighted by molar-refractivity contribution is 8.15. The van der Waals surface area contributed by atoms with E-state index in [0.29, 0.717) is 18.7 Å². The van der Waals surface area contributed by atoms with Crippen molar-refractivity contribution in [3.8, 4) is 0 Å². The summed E-state index contributed by atoms with van der Waals surface area (Å²) in [5, 5.41) is 4.00. The van der Waals surface area contributed by atoms with E-state index < -0.39 is 9.84 Å². The topological polar surface area (TPSA) is 82.1 Å². The number of anilines is 2. The van der Waals surface area contributed by atoms with Crippen LogP contribution >= 0.6 is 11.8 Å². The Morgan fingerprint density at radius 2 is 1.85 bits per heavy atom. The molecule has 2 atom stereocenters. The van der Waals surface area contributed by atoms with Gasteiger partial charge in [0.2, 0.25) is 0 Å². The van der Waals surface area contributed by atoms with Crippen molar-refractivity contribution in [2.45, 2.75) is 25.1 Å². The van der Waals surface area contributed by atoms with Gasteiger partial charge in [0.15, 0.2) is 15.0 Å². The summed E-state index contributed by atoms with van der Waals surface area (Å²) in [5.74, 6) is 0.342. The van der Waals surface area contributed by atoms with Crippen LogP contribution in [-0.4, -0.2) is 73.4 Å². The number of benzene rings is 2. The summed E-state index contributed by atoms with van der Waals surface area (Å²) in [4.78, 5) is 22.0. The maximum absolute atomic E-state index is 13.2. The highest BCUT2D eigenvalue weighted by Gasteiger charge is 2.42. The van der Waals surface area contributed by atoms with Crippen LogP contribution in [0.3, 0.4) is 0 Å². The van der Waals surface area contributed by atoms with Crippen LogP contribution in [0.15, 0.2) is 47.5 Å². The Labute approximate surface area is 199 Å². The molecule has 0 aliphatic carbocycles. The highest BCUT2D eigenvalue weighted by atomic mass is 32.2. The lowest BCUT2D eigenvalue weighted by Gasteiger charge is -2.37. The van der Waals surface area contributed by atoms with Crippen LogP contribution in [0.5, 0.6) is 0 Å². The summed E-state index contributed by atoms with van der Waals surface area (Å²) in [6, 6.07) is 13.8. The van der Waals surface area contributed by atoms with Gasteiger partial charge in [0.1, 0.15) is 0 Å². The average molecular weight is 485 g/mol. The molecule has 3 aliphatic rings. The molecule has 2 aromatic rings. The second kappa shape index (κ2) is 8.68. The zero-order chi connectivity index (χ0) is 23.2. The summed E-state index contributed by atoms with van der Waals surface area (Å²) in [7, 11) is -2.97. The zero-order valence-corrected chi connectivity index (χ0v) is 20.5. The van der Waals surface area contributed by atoms with E-state index in [0.717, 1.165) is 23.9 Å². The van der Waals surface area contributed by atoms with Crippen molar-refractivity contribution in [2.75, 3.05) is 47.9 Å². The summed E-state index contributed by atoms with van der Waals surface area (Å²) in [6.07, 6.45) is 0. The summed E-state index contributed by atoms with van der Waals surface area (Å²) >= 11 is 1.48. The third kappa shape index (κ3) is 4.75. The van der Waals surface area contributed by atoms with E-state index in [1.807, 2.05) is 29.2 Å². The molecule has 3 heterocycles. The van der Waals surface area contributed by atoms with Gasteiger partial charge in [-0.2, -0.15) is 0 Å². The number of amidine groups is 1. The van der Waals surface area contributed by atoms with E-state index >= 15 is 0 Å². The molecule has 5 rings (SSSR count). The van der Waals surface area contributed by atoms with Crippen molar-refractivity contribution in [3.63, 3.8) is 0 Å². The first-order valence-electron chi connectivity index (χ1n) is 11.2. The number of nitrogens with one attached hydrogen (secondary N) is 1. The van der Waals surface area contributed by atoms with Crippen LogP contribution in [0.4, 0.5) is 11.4 Å². The number of aliphatic imine (C=N–C) groups is 1. The number of carbonyl (C=O) groups is 1. The van der Waals surface area contributed by atoms with Crippen LogP contribution in [0.2, 0.25) is 0 Å². The molecular weight excluding hydrogens is 456 g/mol. The van der Waals surface area contributed by atoms with Crippen LogP contribution in [0, 0.1) is 13.8 Å². The molecular formula is C24H28N4O3S2. The minimum Gasteiger partial charge on any atom is -0.368 e. The predicted molar refractivity (Wildman–Crippen MR) is 135 cm³/mol. The second-order valence-corrected chi connectivity index (χ2v) is 12.4. The number of amides is 1. The molecule has 2 saturated heterocycles. The molecule has 0 spiro atoms. The first-order chi connectivity index (χ1) is 15.8. The Hall–Kier alpha value is -2.52. The third-order valence-electron chi connectivity index (χ3n) is 6.45. The monoisotopic (exact) mass is 484 g/mol. The Bertz CT molecular complexity index is 1220. The number of hydrogen-bond donors (Lipinski definition) is 1. The van der Waals surface area contributed by atoms with E-state index in [9.17, 15) is 13.2 Å². The fourth-order valence-corrected chi connectivity index (χ4v) is 8.34. The molecule has 174 valence electrons. The van der Waals surface area contributed by atoms with Gasteiger partial charge in [-0.25, -0.2) is 8.42 Å². The van der Waals surface area contributed by atoms with Crippen molar-refractivity contribution in [3.05, 3.63) is 59.2 Å².